The van der Waals surface area contributed by atoms with Gasteiger partial charge in [-0.15, -0.1) is 6.42 Å². The number of aromatic nitrogens is 2. The second kappa shape index (κ2) is 10.2. The van der Waals surface area contributed by atoms with Gasteiger partial charge in [0.25, 0.3) is 0 Å². The SMILES string of the molecule is C#Cc1cnc2c(Cl)cc(N[C@H](C3=CNNN3)c3cccnc3C)cc2c1N[C@H](C)c1ccccc1. The Balaban J connectivity index is 1.58. The van der Waals surface area contributed by atoms with Crippen LogP contribution >= 0.6 is 11.6 Å². The van der Waals surface area contributed by atoms with Gasteiger partial charge in [-0.25, -0.2) is 0 Å². The lowest BCUT2D eigenvalue weighted by Gasteiger charge is -2.24. The maximum atomic E-state index is 6.75. The summed E-state index contributed by atoms with van der Waals surface area (Å²) < 4.78 is 0. The van der Waals surface area contributed by atoms with E-state index in [4.69, 9.17) is 18.0 Å². The minimum absolute atomic E-state index is 0.0232. The Labute approximate surface area is 215 Å². The fourth-order valence-electron chi connectivity index (χ4n) is 4.35. The zero-order valence-electron chi connectivity index (χ0n) is 19.9. The zero-order valence-corrected chi connectivity index (χ0v) is 20.7. The maximum Gasteiger partial charge on any atom is 0.0961 e. The number of aryl methyl sites for hydroxylation is 1. The molecule has 8 heteroatoms. The minimum atomic E-state index is -0.210. The highest BCUT2D eigenvalue weighted by Gasteiger charge is 2.23. The van der Waals surface area contributed by atoms with Gasteiger partial charge in [0, 0.05) is 47.0 Å². The van der Waals surface area contributed by atoms with Crippen molar-refractivity contribution in [3.63, 3.8) is 0 Å². The maximum absolute atomic E-state index is 6.75. The number of rotatable bonds is 7. The van der Waals surface area contributed by atoms with Gasteiger partial charge in [0.05, 0.1) is 33.5 Å². The van der Waals surface area contributed by atoms with E-state index in [1.54, 1.807) is 12.4 Å². The highest BCUT2D eigenvalue weighted by molar-refractivity contribution is 6.35. The first kappa shape index (κ1) is 23.5. The quantitative estimate of drug-likeness (QED) is 0.221. The van der Waals surface area contributed by atoms with Gasteiger partial charge in [-0.3, -0.25) is 9.97 Å². The molecule has 5 N–H and O–H groups in total. The van der Waals surface area contributed by atoms with Gasteiger partial charge in [0.15, 0.2) is 0 Å². The average Bonchev–Trinajstić information content (AvgIpc) is 3.43. The molecule has 2 aromatic heterocycles. The molecule has 2 atom stereocenters. The van der Waals surface area contributed by atoms with E-state index in [1.807, 2.05) is 49.5 Å². The molecular formula is C28H26ClN7. The molecule has 0 radical (unpaired) electrons. The number of fused-ring (bicyclic) bond motifs is 1. The third-order valence-electron chi connectivity index (χ3n) is 6.23. The number of hydrogen-bond acceptors (Lipinski definition) is 7. The van der Waals surface area contributed by atoms with Crippen molar-refractivity contribution < 1.29 is 0 Å². The summed E-state index contributed by atoms with van der Waals surface area (Å²) in [4.78, 5) is 9.04. The van der Waals surface area contributed by atoms with Crippen molar-refractivity contribution >= 4 is 33.9 Å². The Morgan fingerprint density at radius 3 is 2.61 bits per heavy atom. The lowest BCUT2D eigenvalue weighted by atomic mass is 10.0. The van der Waals surface area contributed by atoms with Crippen LogP contribution in [0.25, 0.3) is 10.9 Å². The van der Waals surface area contributed by atoms with Crippen LogP contribution in [-0.4, -0.2) is 9.97 Å². The predicted molar refractivity (Wildman–Crippen MR) is 146 cm³/mol. The van der Waals surface area contributed by atoms with Crippen LogP contribution in [0.1, 0.15) is 41.4 Å². The van der Waals surface area contributed by atoms with Gasteiger partial charge >= 0.3 is 0 Å². The molecule has 0 saturated carbocycles. The van der Waals surface area contributed by atoms with Gasteiger partial charge < -0.3 is 21.5 Å². The van der Waals surface area contributed by atoms with Crippen molar-refractivity contribution in [3.8, 4) is 12.3 Å². The molecule has 0 amide bonds. The summed E-state index contributed by atoms with van der Waals surface area (Å²) in [7, 11) is 0. The van der Waals surface area contributed by atoms with Crippen molar-refractivity contribution in [2.75, 3.05) is 10.6 Å². The first-order valence-electron chi connectivity index (χ1n) is 11.6. The number of hydrogen-bond donors (Lipinski definition) is 5. The fourth-order valence-corrected chi connectivity index (χ4v) is 4.62. The van der Waals surface area contributed by atoms with E-state index < -0.39 is 0 Å². The van der Waals surface area contributed by atoms with Crippen LogP contribution in [-0.2, 0) is 0 Å². The normalized spacial score (nSPS) is 14.2. The number of terminal acetylenes is 1. The molecule has 4 aromatic rings. The Hall–Kier alpha value is -4.25. The van der Waals surface area contributed by atoms with Crippen molar-refractivity contribution in [1.82, 2.24) is 26.4 Å². The Bertz CT molecular complexity index is 1480. The molecule has 0 unspecified atom stereocenters. The molecule has 180 valence electrons. The molecule has 0 spiro atoms. The Kier molecular flexibility index (Phi) is 6.63. The van der Waals surface area contributed by atoms with Crippen LogP contribution in [0.2, 0.25) is 5.02 Å². The first-order chi connectivity index (χ1) is 17.5. The Morgan fingerprint density at radius 1 is 1.06 bits per heavy atom. The van der Waals surface area contributed by atoms with Crippen LogP contribution in [0, 0.1) is 19.3 Å². The number of nitrogens with one attached hydrogen (secondary N) is 5. The van der Waals surface area contributed by atoms with Gasteiger partial charge in [-0.2, -0.15) is 5.53 Å². The molecule has 0 saturated heterocycles. The summed E-state index contributed by atoms with van der Waals surface area (Å²) in [5, 5.41) is 8.59. The smallest absolute Gasteiger partial charge is 0.0961 e. The summed E-state index contributed by atoms with van der Waals surface area (Å²) in [6.07, 6.45) is 11.2. The monoisotopic (exact) mass is 495 g/mol. The Morgan fingerprint density at radius 2 is 1.89 bits per heavy atom. The second-order valence-electron chi connectivity index (χ2n) is 8.57. The molecule has 1 aliphatic heterocycles. The molecule has 0 bridgehead atoms. The molecule has 7 nitrogen and oxygen atoms in total. The minimum Gasteiger partial charge on any atom is -0.377 e. The van der Waals surface area contributed by atoms with Crippen LogP contribution < -0.4 is 27.0 Å². The molecule has 2 aromatic carbocycles. The number of hydrazine groups is 2. The summed E-state index contributed by atoms with van der Waals surface area (Å²) in [5.41, 5.74) is 16.1. The molecule has 3 heterocycles. The van der Waals surface area contributed by atoms with E-state index in [9.17, 15) is 0 Å². The zero-order chi connectivity index (χ0) is 25.1. The van der Waals surface area contributed by atoms with Crippen molar-refractivity contribution in [2.24, 2.45) is 0 Å². The fraction of sp³-hybridized carbons (Fsp3) is 0.143. The van der Waals surface area contributed by atoms with Gasteiger partial charge in [0.2, 0.25) is 0 Å². The third kappa shape index (κ3) is 4.65. The molecule has 1 aliphatic rings. The lowest BCUT2D eigenvalue weighted by molar-refractivity contribution is 0.582. The lowest BCUT2D eigenvalue weighted by Crippen LogP contribution is -2.34. The van der Waals surface area contributed by atoms with Crippen LogP contribution in [0.3, 0.4) is 0 Å². The van der Waals surface area contributed by atoms with Crippen LogP contribution in [0.5, 0.6) is 0 Å². The highest BCUT2D eigenvalue weighted by Crippen LogP contribution is 2.37. The second-order valence-corrected chi connectivity index (χ2v) is 8.98. The van der Waals surface area contributed by atoms with E-state index in [0.717, 1.165) is 39.3 Å². The van der Waals surface area contributed by atoms with E-state index in [0.29, 0.717) is 16.1 Å². The van der Waals surface area contributed by atoms with Crippen molar-refractivity contribution in [3.05, 3.63) is 106 Å². The average molecular weight is 496 g/mol. The van der Waals surface area contributed by atoms with Crippen LogP contribution in [0.15, 0.2) is 78.9 Å². The van der Waals surface area contributed by atoms with E-state index in [-0.39, 0.29) is 12.1 Å². The molecular weight excluding hydrogens is 470 g/mol. The topological polar surface area (TPSA) is 85.9 Å². The summed E-state index contributed by atoms with van der Waals surface area (Å²) in [6.45, 7) is 4.09. The standard InChI is InChI=1S/C28H26ClN7/c1-4-19-15-31-27-23(26(19)33-17(2)20-9-6-5-7-10-20)13-21(14-24(27)29)34-28(25-16-32-36-35-25)22-11-8-12-30-18(22)3/h1,5-17,28,32,34-36H,2-3H3,(H,31,33)/t17-,28+/m1/s1. The third-order valence-corrected chi connectivity index (χ3v) is 6.52. The van der Waals surface area contributed by atoms with Crippen LogP contribution in [0.4, 0.5) is 11.4 Å². The van der Waals surface area contributed by atoms with E-state index in [2.05, 4.69) is 68.0 Å². The number of halogens is 1. The molecule has 5 rings (SSSR count). The molecule has 0 aliphatic carbocycles. The first-order valence-corrected chi connectivity index (χ1v) is 12.0. The number of anilines is 2. The summed E-state index contributed by atoms with van der Waals surface area (Å²) in [5.74, 6) is 2.77. The predicted octanol–water partition coefficient (Wildman–Crippen LogP) is 5.35. The molecule has 36 heavy (non-hydrogen) atoms. The number of pyridine rings is 2. The van der Waals surface area contributed by atoms with Crippen molar-refractivity contribution in [2.45, 2.75) is 25.9 Å². The van der Waals surface area contributed by atoms with Gasteiger partial charge in [0.1, 0.15) is 0 Å². The highest BCUT2D eigenvalue weighted by atomic mass is 35.5. The van der Waals surface area contributed by atoms with Gasteiger partial charge in [-0.05, 0) is 37.6 Å². The van der Waals surface area contributed by atoms with Gasteiger partial charge in [-0.1, -0.05) is 53.9 Å². The summed E-state index contributed by atoms with van der Waals surface area (Å²) >= 11 is 6.75. The largest absolute Gasteiger partial charge is 0.377 e. The number of nitrogens with zero attached hydrogens (tertiary/aromatic N) is 2. The van der Waals surface area contributed by atoms with E-state index >= 15 is 0 Å². The van der Waals surface area contributed by atoms with Crippen molar-refractivity contribution in [1.29, 1.82) is 0 Å². The number of benzene rings is 2. The van der Waals surface area contributed by atoms with E-state index in [1.165, 1.54) is 0 Å². The summed E-state index contributed by atoms with van der Waals surface area (Å²) in [6, 6.07) is 17.9. The molecule has 0 fully saturated rings.